The summed E-state index contributed by atoms with van der Waals surface area (Å²) in [5.74, 6) is -1.59. The molecule has 0 saturated carbocycles. The molecule has 0 aliphatic carbocycles. The molecule has 2 amide bonds. The molecule has 2 heterocycles. The maximum absolute atomic E-state index is 12.6. The number of thioether (sulfide) groups is 1. The average Bonchev–Trinajstić information content (AvgIpc) is 2.89. The van der Waals surface area contributed by atoms with Crippen LogP contribution >= 0.6 is 19.4 Å². The molecular weight excluding hydrogens is 389 g/mol. The Bertz CT molecular complexity index is 818. The first kappa shape index (κ1) is 20.4. The van der Waals surface area contributed by atoms with Gasteiger partial charge in [-0.1, -0.05) is 24.3 Å². The molecule has 4 N–H and O–H groups in total. The van der Waals surface area contributed by atoms with Gasteiger partial charge in [-0.05, 0) is 25.0 Å². The molecule has 0 bridgehead atoms. The summed E-state index contributed by atoms with van der Waals surface area (Å²) >= 11 is 1.39. The van der Waals surface area contributed by atoms with Crippen LogP contribution in [0.1, 0.15) is 25.0 Å². The van der Waals surface area contributed by atoms with E-state index in [4.69, 9.17) is 10.3 Å². The zero-order valence-electron chi connectivity index (χ0n) is 15.4. The van der Waals surface area contributed by atoms with Gasteiger partial charge in [-0.25, -0.2) is 0 Å². The van der Waals surface area contributed by atoms with E-state index in [1.165, 1.54) is 16.7 Å². The number of rotatable bonds is 6. The van der Waals surface area contributed by atoms with E-state index in [1.54, 1.807) is 13.8 Å². The molecule has 27 heavy (non-hydrogen) atoms. The largest absolute Gasteiger partial charge is 0.351 e. The zero-order valence-corrected chi connectivity index (χ0v) is 17.1. The third kappa shape index (κ3) is 3.54. The number of nitrogens with two attached hydrogens (primary N) is 1. The molecule has 2 aliphatic rings. The summed E-state index contributed by atoms with van der Waals surface area (Å²) in [7, 11) is -2.83. The van der Waals surface area contributed by atoms with E-state index in [1.807, 2.05) is 24.3 Å². The monoisotopic (exact) mass is 413 g/mol. The first-order valence-corrected chi connectivity index (χ1v) is 11.1. The fourth-order valence-electron chi connectivity index (χ4n) is 3.69. The Balaban J connectivity index is 1.71. The number of β-lactam (4-membered cyclic amide) rings is 1. The number of nitrogens with one attached hydrogen (secondary N) is 1. The Morgan fingerprint density at radius 3 is 2.63 bits per heavy atom. The highest BCUT2D eigenvalue weighted by Gasteiger charge is 2.66. The minimum Gasteiger partial charge on any atom is -0.341 e. The van der Waals surface area contributed by atoms with Crippen molar-refractivity contribution in [2.75, 3.05) is 7.11 Å². The SMILES string of the molecule is COP(=O)(O)C1N2C(=O)C(NC(=O)Cc3ccccc3CN)[C@H]2SC1(C)C. The molecular formula is C17H24N3O5PS. The van der Waals surface area contributed by atoms with Gasteiger partial charge in [0.1, 0.15) is 17.2 Å². The topological polar surface area (TPSA) is 122 Å². The van der Waals surface area contributed by atoms with E-state index < -0.39 is 24.2 Å². The smallest absolute Gasteiger partial charge is 0.341 e. The molecule has 3 unspecified atom stereocenters. The highest BCUT2D eigenvalue weighted by molar-refractivity contribution is 8.02. The van der Waals surface area contributed by atoms with Crippen LogP contribution in [0.4, 0.5) is 0 Å². The van der Waals surface area contributed by atoms with Gasteiger partial charge in [-0.2, -0.15) is 0 Å². The summed E-state index contributed by atoms with van der Waals surface area (Å²) in [5.41, 5.74) is 7.40. The second kappa shape index (κ2) is 7.22. The van der Waals surface area contributed by atoms with E-state index in [2.05, 4.69) is 5.32 Å². The van der Waals surface area contributed by atoms with Crippen LogP contribution < -0.4 is 11.1 Å². The van der Waals surface area contributed by atoms with Crippen LogP contribution in [0.15, 0.2) is 24.3 Å². The van der Waals surface area contributed by atoms with Gasteiger partial charge < -0.3 is 25.4 Å². The number of benzene rings is 1. The van der Waals surface area contributed by atoms with Gasteiger partial charge in [-0.3, -0.25) is 14.2 Å². The van der Waals surface area contributed by atoms with Gasteiger partial charge in [0.25, 0.3) is 0 Å². The summed E-state index contributed by atoms with van der Waals surface area (Å²) in [6.07, 6.45) is 0.123. The van der Waals surface area contributed by atoms with Crippen molar-refractivity contribution in [3.63, 3.8) is 0 Å². The van der Waals surface area contributed by atoms with Crippen LogP contribution in [0, 0.1) is 0 Å². The Morgan fingerprint density at radius 2 is 2.04 bits per heavy atom. The van der Waals surface area contributed by atoms with E-state index in [0.717, 1.165) is 18.2 Å². The summed E-state index contributed by atoms with van der Waals surface area (Å²) in [6, 6.07) is 6.68. The normalized spacial score (nSPS) is 28.3. The number of amides is 2. The lowest BCUT2D eigenvalue weighted by atomic mass is 10.0. The molecule has 2 aliphatic heterocycles. The van der Waals surface area contributed by atoms with Crippen molar-refractivity contribution in [3.05, 3.63) is 35.4 Å². The van der Waals surface area contributed by atoms with Gasteiger partial charge in [-0.15, -0.1) is 11.8 Å². The van der Waals surface area contributed by atoms with Crippen LogP contribution in [0.25, 0.3) is 0 Å². The van der Waals surface area contributed by atoms with Crippen LogP contribution in [-0.4, -0.2) is 50.7 Å². The van der Waals surface area contributed by atoms with Crippen LogP contribution in [0.5, 0.6) is 0 Å². The van der Waals surface area contributed by atoms with E-state index in [0.29, 0.717) is 6.54 Å². The van der Waals surface area contributed by atoms with Crippen molar-refractivity contribution >= 4 is 31.2 Å². The first-order chi connectivity index (χ1) is 12.6. The molecule has 4 atom stereocenters. The molecule has 148 valence electrons. The Hall–Kier alpha value is -1.38. The highest BCUT2D eigenvalue weighted by atomic mass is 32.2. The molecule has 3 rings (SSSR count). The number of carbonyl (C=O) groups excluding carboxylic acids is 2. The average molecular weight is 413 g/mol. The molecule has 2 fully saturated rings. The minimum absolute atomic E-state index is 0.123. The summed E-state index contributed by atoms with van der Waals surface area (Å²) in [5, 5.41) is 2.37. The summed E-state index contributed by atoms with van der Waals surface area (Å²) in [4.78, 5) is 36.6. The second-order valence-corrected chi connectivity index (χ2v) is 10.9. The van der Waals surface area contributed by atoms with E-state index >= 15 is 0 Å². The van der Waals surface area contributed by atoms with Gasteiger partial charge in [0, 0.05) is 18.4 Å². The standard InChI is InChI=1S/C17H24N3O5PS/c1-17(2)16(26(23,24)25-3)20-14(22)13(15(20)27-17)19-12(21)8-10-6-4-5-7-11(10)9-18/h4-7,13,15-16H,8-9,18H2,1-3H3,(H,19,21)(H,23,24)/t13?,15-,16?/m1/s1. The number of nitrogens with zero attached hydrogens (tertiary/aromatic N) is 1. The molecule has 1 aromatic rings. The summed E-state index contributed by atoms with van der Waals surface area (Å²) < 4.78 is 16.5. The van der Waals surface area contributed by atoms with Crippen molar-refractivity contribution in [2.45, 2.75) is 48.8 Å². The van der Waals surface area contributed by atoms with Crippen molar-refractivity contribution < 1.29 is 23.6 Å². The molecule has 10 heteroatoms. The van der Waals surface area contributed by atoms with E-state index in [9.17, 15) is 19.0 Å². The van der Waals surface area contributed by atoms with Crippen molar-refractivity contribution in [1.29, 1.82) is 0 Å². The lowest BCUT2D eigenvalue weighted by molar-refractivity contribution is -0.149. The highest BCUT2D eigenvalue weighted by Crippen LogP contribution is 2.64. The van der Waals surface area contributed by atoms with Gasteiger partial charge in [0.15, 0.2) is 0 Å². The Morgan fingerprint density at radius 1 is 1.41 bits per heavy atom. The fraction of sp³-hybridized carbons (Fsp3) is 0.529. The Kier molecular flexibility index (Phi) is 5.44. The Labute approximate surface area is 162 Å². The lowest BCUT2D eigenvalue weighted by Crippen LogP contribution is -2.69. The molecule has 1 aromatic carbocycles. The van der Waals surface area contributed by atoms with Crippen LogP contribution in [0.3, 0.4) is 0 Å². The molecule has 8 nitrogen and oxygen atoms in total. The third-order valence-corrected chi connectivity index (χ3v) is 8.75. The number of hydrogen-bond donors (Lipinski definition) is 3. The second-order valence-electron chi connectivity index (χ2n) is 7.17. The predicted octanol–water partition coefficient (Wildman–Crippen LogP) is 1.02. The van der Waals surface area contributed by atoms with Crippen molar-refractivity contribution in [1.82, 2.24) is 10.2 Å². The quantitative estimate of drug-likeness (QED) is 0.470. The number of fused-ring (bicyclic) bond motifs is 1. The number of carbonyl (C=O) groups is 2. The molecule has 2 saturated heterocycles. The fourth-order valence-corrected chi connectivity index (χ4v) is 7.43. The summed E-state index contributed by atoms with van der Waals surface area (Å²) in [6.45, 7) is 3.93. The molecule has 0 radical (unpaired) electrons. The van der Waals surface area contributed by atoms with Crippen molar-refractivity contribution in [3.8, 4) is 0 Å². The maximum atomic E-state index is 12.6. The molecule has 0 aromatic heterocycles. The first-order valence-electron chi connectivity index (χ1n) is 8.57. The molecule has 0 spiro atoms. The van der Waals surface area contributed by atoms with Gasteiger partial charge in [0.05, 0.1) is 6.42 Å². The minimum atomic E-state index is -3.99. The van der Waals surface area contributed by atoms with Gasteiger partial charge in [0.2, 0.25) is 11.8 Å². The predicted molar refractivity (Wildman–Crippen MR) is 103 cm³/mol. The third-order valence-electron chi connectivity index (χ3n) is 4.97. The number of hydrogen-bond acceptors (Lipinski definition) is 6. The maximum Gasteiger partial charge on any atom is 0.351 e. The van der Waals surface area contributed by atoms with Crippen molar-refractivity contribution in [2.24, 2.45) is 5.73 Å². The van der Waals surface area contributed by atoms with Crippen LogP contribution in [0.2, 0.25) is 0 Å². The van der Waals surface area contributed by atoms with E-state index in [-0.39, 0.29) is 23.6 Å². The van der Waals surface area contributed by atoms with Crippen LogP contribution in [-0.2, 0) is 31.6 Å². The van der Waals surface area contributed by atoms with Gasteiger partial charge >= 0.3 is 7.60 Å². The lowest BCUT2D eigenvalue weighted by Gasteiger charge is -2.45. The zero-order chi connectivity index (χ0) is 20.0.